The molecule has 0 aliphatic carbocycles. The molecule has 0 aliphatic heterocycles. The van der Waals surface area contributed by atoms with E-state index < -0.39 is 0 Å². The molecule has 2 aromatic rings. The molecule has 0 unspecified atom stereocenters. The predicted octanol–water partition coefficient (Wildman–Crippen LogP) is 2.14. The van der Waals surface area contributed by atoms with Gasteiger partial charge >= 0.3 is 0 Å². The monoisotopic (exact) mass is 300 g/mol. The molecule has 1 heterocycles. The number of rotatable bonds is 7. The molecule has 0 saturated carbocycles. The van der Waals surface area contributed by atoms with Crippen LogP contribution >= 0.6 is 0 Å². The normalized spacial score (nSPS) is 10.2. The molecule has 1 aromatic carbocycles. The number of unbranched alkanes of at least 4 members (excludes halogenated alkanes) is 1. The van der Waals surface area contributed by atoms with Crippen molar-refractivity contribution in [2.75, 3.05) is 13.7 Å². The second-order valence-corrected chi connectivity index (χ2v) is 5.00. The van der Waals surface area contributed by atoms with E-state index in [1.54, 1.807) is 7.11 Å². The van der Waals surface area contributed by atoms with Crippen molar-refractivity contribution in [1.82, 2.24) is 10.3 Å². The predicted molar refractivity (Wildman–Crippen MR) is 85.3 cm³/mol. The van der Waals surface area contributed by atoms with Crippen molar-refractivity contribution < 1.29 is 9.53 Å². The highest BCUT2D eigenvalue weighted by atomic mass is 16.5. The lowest BCUT2D eigenvalue weighted by atomic mass is 10.1. The first-order valence-electron chi connectivity index (χ1n) is 7.29. The van der Waals surface area contributed by atoms with Crippen molar-refractivity contribution in [2.45, 2.75) is 19.3 Å². The second kappa shape index (κ2) is 8.02. The Bertz CT molecular complexity index is 642. The summed E-state index contributed by atoms with van der Waals surface area (Å²) >= 11 is 0. The van der Waals surface area contributed by atoms with Crippen LogP contribution in [-0.2, 0) is 6.42 Å². The molecule has 1 aromatic heterocycles. The summed E-state index contributed by atoms with van der Waals surface area (Å²) in [6.45, 7) is 0.619. The second-order valence-electron chi connectivity index (χ2n) is 5.00. The number of aryl methyl sites for hydroxylation is 1. The molecule has 116 valence electrons. The molecule has 0 aliphatic rings. The third kappa shape index (κ3) is 4.77. The van der Waals surface area contributed by atoms with E-state index in [2.05, 4.69) is 22.4 Å². The van der Waals surface area contributed by atoms with Crippen molar-refractivity contribution in [3.8, 4) is 5.75 Å². The van der Waals surface area contributed by atoms with E-state index in [0.717, 1.165) is 25.0 Å². The Morgan fingerprint density at radius 1 is 1.14 bits per heavy atom. The first-order chi connectivity index (χ1) is 10.7. The molecule has 1 amide bonds. The number of methoxy groups -OCH3 is 1. The van der Waals surface area contributed by atoms with E-state index in [-0.39, 0.29) is 11.5 Å². The number of aromatic nitrogens is 1. The summed E-state index contributed by atoms with van der Waals surface area (Å²) in [6, 6.07) is 10.9. The van der Waals surface area contributed by atoms with E-state index in [0.29, 0.717) is 12.1 Å². The summed E-state index contributed by atoms with van der Waals surface area (Å²) in [5.41, 5.74) is 1.51. The Hall–Kier alpha value is -2.56. The number of nitrogens with one attached hydrogen (secondary N) is 2. The fourth-order valence-corrected chi connectivity index (χ4v) is 2.10. The molecular weight excluding hydrogens is 280 g/mol. The molecular formula is C17H20N2O3. The number of carbonyl (C=O) groups is 1. The van der Waals surface area contributed by atoms with Crippen molar-refractivity contribution in [2.24, 2.45) is 0 Å². The quantitative estimate of drug-likeness (QED) is 0.770. The fraction of sp³-hybridized carbons (Fsp3) is 0.294. The summed E-state index contributed by atoms with van der Waals surface area (Å²) in [7, 11) is 1.65. The molecule has 0 spiro atoms. The first kappa shape index (κ1) is 15.8. The van der Waals surface area contributed by atoms with E-state index in [9.17, 15) is 9.59 Å². The van der Waals surface area contributed by atoms with Crippen molar-refractivity contribution >= 4 is 5.91 Å². The number of benzene rings is 1. The minimum absolute atomic E-state index is 0.166. The zero-order valence-electron chi connectivity index (χ0n) is 12.6. The van der Waals surface area contributed by atoms with Gasteiger partial charge in [-0.25, -0.2) is 0 Å². The minimum atomic E-state index is -0.212. The molecule has 22 heavy (non-hydrogen) atoms. The van der Waals surface area contributed by atoms with Crippen LogP contribution in [0.3, 0.4) is 0 Å². The Balaban J connectivity index is 1.67. The number of carbonyl (C=O) groups excluding carboxylic acids is 1. The molecule has 0 radical (unpaired) electrons. The summed E-state index contributed by atoms with van der Waals surface area (Å²) < 4.78 is 5.12. The average Bonchev–Trinajstić information content (AvgIpc) is 2.55. The lowest BCUT2D eigenvalue weighted by Crippen LogP contribution is -2.25. The maximum Gasteiger partial charge on any atom is 0.252 e. The lowest BCUT2D eigenvalue weighted by molar-refractivity contribution is 0.0952. The molecule has 2 N–H and O–H groups in total. The van der Waals surface area contributed by atoms with Gasteiger partial charge < -0.3 is 15.0 Å². The average molecular weight is 300 g/mol. The number of H-pyrrole nitrogens is 1. The molecule has 2 rings (SSSR count). The Morgan fingerprint density at radius 3 is 2.55 bits per heavy atom. The standard InChI is InChI=1S/C17H20N2O3/c1-22-15-8-5-13(6-9-15)4-2-3-11-18-17(21)14-7-10-16(20)19-12-14/h5-10,12H,2-4,11H2,1H3,(H,18,21)(H,19,20). The Labute approximate surface area is 129 Å². The Morgan fingerprint density at radius 2 is 1.91 bits per heavy atom. The molecule has 5 heteroatoms. The zero-order chi connectivity index (χ0) is 15.8. The zero-order valence-corrected chi connectivity index (χ0v) is 12.6. The van der Waals surface area contributed by atoms with Gasteiger partial charge in [-0.05, 0) is 43.0 Å². The molecule has 0 atom stereocenters. The maximum absolute atomic E-state index is 11.8. The summed E-state index contributed by atoms with van der Waals surface area (Å²) in [6.07, 6.45) is 4.30. The number of hydrogen-bond donors (Lipinski definition) is 2. The summed E-state index contributed by atoms with van der Waals surface area (Å²) in [5, 5.41) is 2.84. The summed E-state index contributed by atoms with van der Waals surface area (Å²) in [4.78, 5) is 25.2. The van der Waals surface area contributed by atoms with Gasteiger partial charge in [0.05, 0.1) is 12.7 Å². The van der Waals surface area contributed by atoms with Crippen LogP contribution in [0, 0.1) is 0 Å². The van der Waals surface area contributed by atoms with Gasteiger partial charge in [-0.2, -0.15) is 0 Å². The third-order valence-corrected chi connectivity index (χ3v) is 3.38. The van der Waals surface area contributed by atoms with Gasteiger partial charge in [-0.3, -0.25) is 9.59 Å². The van der Waals surface area contributed by atoms with Gasteiger partial charge in [0, 0.05) is 18.8 Å². The van der Waals surface area contributed by atoms with Crippen molar-refractivity contribution in [3.63, 3.8) is 0 Å². The minimum Gasteiger partial charge on any atom is -0.497 e. The summed E-state index contributed by atoms with van der Waals surface area (Å²) in [5.74, 6) is 0.692. The van der Waals surface area contributed by atoms with Gasteiger partial charge in [0.2, 0.25) is 5.56 Å². The number of hydrogen-bond acceptors (Lipinski definition) is 3. The van der Waals surface area contributed by atoms with Crippen LogP contribution in [0.4, 0.5) is 0 Å². The molecule has 0 saturated heterocycles. The van der Waals surface area contributed by atoms with Crippen LogP contribution in [0.5, 0.6) is 5.75 Å². The van der Waals surface area contributed by atoms with Crippen molar-refractivity contribution in [1.29, 1.82) is 0 Å². The van der Waals surface area contributed by atoms with Gasteiger partial charge in [-0.15, -0.1) is 0 Å². The maximum atomic E-state index is 11.8. The van der Waals surface area contributed by atoms with Gasteiger partial charge in [-0.1, -0.05) is 12.1 Å². The Kier molecular flexibility index (Phi) is 5.77. The SMILES string of the molecule is COc1ccc(CCCCNC(=O)c2ccc(=O)[nH]c2)cc1. The lowest BCUT2D eigenvalue weighted by Gasteiger charge is -2.06. The van der Waals surface area contributed by atoms with Crippen LogP contribution < -0.4 is 15.6 Å². The highest BCUT2D eigenvalue weighted by molar-refractivity contribution is 5.93. The topological polar surface area (TPSA) is 71.2 Å². The third-order valence-electron chi connectivity index (χ3n) is 3.38. The van der Waals surface area contributed by atoms with E-state index >= 15 is 0 Å². The highest BCUT2D eigenvalue weighted by Gasteiger charge is 2.04. The smallest absolute Gasteiger partial charge is 0.252 e. The highest BCUT2D eigenvalue weighted by Crippen LogP contribution is 2.12. The number of ether oxygens (including phenoxy) is 1. The number of amides is 1. The molecule has 0 bridgehead atoms. The number of pyridine rings is 1. The van der Waals surface area contributed by atoms with Crippen LogP contribution in [-0.4, -0.2) is 24.5 Å². The van der Waals surface area contributed by atoms with E-state index in [1.165, 1.54) is 23.9 Å². The van der Waals surface area contributed by atoms with Crippen molar-refractivity contribution in [3.05, 3.63) is 64.1 Å². The van der Waals surface area contributed by atoms with Gasteiger partial charge in [0.15, 0.2) is 0 Å². The molecule has 5 nitrogen and oxygen atoms in total. The van der Waals surface area contributed by atoms with Crippen LogP contribution in [0.25, 0.3) is 0 Å². The molecule has 0 fully saturated rings. The van der Waals surface area contributed by atoms with E-state index in [1.807, 2.05) is 12.1 Å². The fourth-order valence-electron chi connectivity index (χ4n) is 2.10. The number of aromatic amines is 1. The van der Waals surface area contributed by atoms with Crippen LogP contribution in [0.1, 0.15) is 28.8 Å². The van der Waals surface area contributed by atoms with Gasteiger partial charge in [0.25, 0.3) is 5.91 Å². The largest absolute Gasteiger partial charge is 0.497 e. The first-order valence-corrected chi connectivity index (χ1v) is 7.29. The van der Waals surface area contributed by atoms with E-state index in [4.69, 9.17) is 4.74 Å². The van der Waals surface area contributed by atoms with Gasteiger partial charge in [0.1, 0.15) is 5.75 Å². The van der Waals surface area contributed by atoms with Crippen LogP contribution in [0.15, 0.2) is 47.4 Å². The van der Waals surface area contributed by atoms with Crippen LogP contribution in [0.2, 0.25) is 0 Å².